The van der Waals surface area contributed by atoms with Crippen molar-refractivity contribution in [3.05, 3.63) is 33.3 Å². The monoisotopic (exact) mass is 371 g/mol. The summed E-state index contributed by atoms with van der Waals surface area (Å²) in [6.45, 7) is 8.78. The van der Waals surface area contributed by atoms with Gasteiger partial charge in [0.1, 0.15) is 0 Å². The lowest BCUT2D eigenvalue weighted by atomic mass is 9.86. The minimum absolute atomic E-state index is 0.130. The molecule has 21 heavy (non-hydrogen) atoms. The van der Waals surface area contributed by atoms with Crippen molar-refractivity contribution in [2.45, 2.75) is 39.7 Å². The second-order valence-electron chi connectivity index (χ2n) is 6.35. The molecule has 2 rings (SSSR count). The molecule has 3 atom stereocenters. The number of carbonyl (C=O) groups excluding carboxylic acids is 1. The fourth-order valence-corrected chi connectivity index (χ4v) is 4.00. The number of carbonyl (C=O) groups is 1. The van der Waals surface area contributed by atoms with Crippen LogP contribution in [0.15, 0.2) is 22.7 Å². The molecule has 1 saturated heterocycles. The maximum absolute atomic E-state index is 12.4. The number of benzene rings is 1. The van der Waals surface area contributed by atoms with E-state index >= 15 is 0 Å². The number of hydrogen-bond donors (Lipinski definition) is 0. The molecule has 116 valence electrons. The first-order valence-electron chi connectivity index (χ1n) is 7.60. The molecule has 1 aromatic rings. The summed E-state index contributed by atoms with van der Waals surface area (Å²) in [4.78, 5) is 14.8. The van der Waals surface area contributed by atoms with Crippen molar-refractivity contribution >= 4 is 33.3 Å². The van der Waals surface area contributed by atoms with Crippen LogP contribution in [0.2, 0.25) is 5.02 Å². The molecule has 0 N–H and O–H groups in total. The lowest BCUT2D eigenvalue weighted by Crippen LogP contribution is -2.46. The van der Waals surface area contributed by atoms with Crippen LogP contribution >= 0.6 is 27.5 Å². The van der Waals surface area contributed by atoms with E-state index in [0.717, 1.165) is 17.6 Å². The van der Waals surface area contributed by atoms with Gasteiger partial charge >= 0.3 is 0 Å². The highest BCUT2D eigenvalue weighted by atomic mass is 79.9. The fraction of sp³-hybridized carbons (Fsp3) is 0.588. The molecule has 3 unspecified atom stereocenters. The molecule has 0 saturated carbocycles. The summed E-state index contributed by atoms with van der Waals surface area (Å²) < 4.78 is 0.899. The van der Waals surface area contributed by atoms with Crippen LogP contribution in [0.4, 0.5) is 0 Å². The molecule has 1 heterocycles. The SMILES string of the molecule is CC1CC(C)C(C)N(CCC(=O)c2ccc(Br)cc2Cl)C1. The van der Waals surface area contributed by atoms with Crippen molar-refractivity contribution < 1.29 is 4.79 Å². The number of likely N-dealkylation sites (tertiary alicyclic amines) is 1. The lowest BCUT2D eigenvalue weighted by molar-refractivity contribution is 0.0721. The first-order valence-corrected chi connectivity index (χ1v) is 8.78. The first kappa shape index (κ1) is 17.0. The third-order valence-corrected chi connectivity index (χ3v) is 5.38. The van der Waals surface area contributed by atoms with E-state index < -0.39 is 0 Å². The second-order valence-corrected chi connectivity index (χ2v) is 7.67. The number of piperidine rings is 1. The van der Waals surface area contributed by atoms with Gasteiger partial charge in [-0.05, 0) is 43.4 Å². The Kier molecular flexibility index (Phi) is 5.87. The molecular weight excluding hydrogens is 350 g/mol. The van der Waals surface area contributed by atoms with Gasteiger partial charge in [0.05, 0.1) is 5.02 Å². The van der Waals surface area contributed by atoms with Crippen molar-refractivity contribution in [1.82, 2.24) is 4.90 Å². The average Bonchev–Trinajstić information content (AvgIpc) is 2.40. The molecule has 4 heteroatoms. The molecule has 0 amide bonds. The van der Waals surface area contributed by atoms with Crippen molar-refractivity contribution in [3.63, 3.8) is 0 Å². The van der Waals surface area contributed by atoms with E-state index in [1.807, 2.05) is 6.07 Å². The quantitative estimate of drug-likeness (QED) is 0.690. The van der Waals surface area contributed by atoms with Gasteiger partial charge in [0, 0.05) is 35.6 Å². The molecule has 0 bridgehead atoms. The number of ketones is 1. The molecule has 1 aromatic carbocycles. The lowest BCUT2D eigenvalue weighted by Gasteiger charge is -2.41. The van der Waals surface area contributed by atoms with Crippen LogP contribution < -0.4 is 0 Å². The summed E-state index contributed by atoms with van der Waals surface area (Å²) in [7, 11) is 0. The Balaban J connectivity index is 1.97. The van der Waals surface area contributed by atoms with E-state index in [2.05, 4.69) is 41.6 Å². The molecule has 1 aliphatic heterocycles. The van der Waals surface area contributed by atoms with E-state index in [1.54, 1.807) is 12.1 Å². The summed E-state index contributed by atoms with van der Waals surface area (Å²) in [5, 5.41) is 0.530. The van der Waals surface area contributed by atoms with E-state index in [9.17, 15) is 4.79 Å². The van der Waals surface area contributed by atoms with Crippen LogP contribution in [0.5, 0.6) is 0 Å². The van der Waals surface area contributed by atoms with Gasteiger partial charge in [0.2, 0.25) is 0 Å². The zero-order valence-electron chi connectivity index (χ0n) is 12.9. The Morgan fingerprint density at radius 2 is 2.10 bits per heavy atom. The van der Waals surface area contributed by atoms with Crippen LogP contribution in [0.3, 0.4) is 0 Å². The molecule has 0 aliphatic carbocycles. The Morgan fingerprint density at radius 3 is 2.76 bits per heavy atom. The van der Waals surface area contributed by atoms with E-state index in [-0.39, 0.29) is 5.78 Å². The summed E-state index contributed by atoms with van der Waals surface area (Å²) in [6, 6.07) is 6.00. The maximum Gasteiger partial charge on any atom is 0.165 e. The van der Waals surface area contributed by atoms with Gasteiger partial charge < -0.3 is 0 Å². The van der Waals surface area contributed by atoms with Crippen LogP contribution in [-0.4, -0.2) is 29.8 Å². The van der Waals surface area contributed by atoms with Crippen molar-refractivity contribution in [2.24, 2.45) is 11.8 Å². The first-order chi connectivity index (χ1) is 9.88. The fourth-order valence-electron chi connectivity index (χ4n) is 3.22. The van der Waals surface area contributed by atoms with Gasteiger partial charge in [0.15, 0.2) is 5.78 Å². The minimum atomic E-state index is 0.130. The topological polar surface area (TPSA) is 20.3 Å². The summed E-state index contributed by atoms with van der Waals surface area (Å²) in [5.74, 6) is 1.54. The van der Waals surface area contributed by atoms with Gasteiger partial charge in [-0.1, -0.05) is 41.4 Å². The van der Waals surface area contributed by atoms with Crippen LogP contribution in [0.25, 0.3) is 0 Å². The summed E-state index contributed by atoms with van der Waals surface area (Å²) in [6.07, 6.45) is 1.81. The molecular formula is C17H23BrClNO. The van der Waals surface area contributed by atoms with E-state index in [4.69, 9.17) is 11.6 Å². The zero-order valence-corrected chi connectivity index (χ0v) is 15.2. The standard InChI is InChI=1S/C17H23BrClNO/c1-11-8-12(2)13(3)20(10-11)7-6-17(21)15-5-4-14(18)9-16(15)19/h4-5,9,11-13H,6-8,10H2,1-3H3. The highest BCUT2D eigenvalue weighted by Crippen LogP contribution is 2.27. The van der Waals surface area contributed by atoms with Crippen molar-refractivity contribution in [2.75, 3.05) is 13.1 Å². The number of rotatable bonds is 4. The molecule has 0 spiro atoms. The van der Waals surface area contributed by atoms with Gasteiger partial charge in [0.25, 0.3) is 0 Å². The molecule has 2 nitrogen and oxygen atoms in total. The highest BCUT2D eigenvalue weighted by Gasteiger charge is 2.28. The number of Topliss-reactive ketones (excluding diaryl/α,β-unsaturated/α-hetero) is 1. The smallest absolute Gasteiger partial charge is 0.165 e. The summed E-state index contributed by atoms with van der Waals surface area (Å²) >= 11 is 9.52. The third kappa shape index (κ3) is 4.30. The van der Waals surface area contributed by atoms with Crippen LogP contribution in [-0.2, 0) is 0 Å². The Bertz CT molecular complexity index is 520. The van der Waals surface area contributed by atoms with E-state index in [0.29, 0.717) is 34.9 Å². The maximum atomic E-state index is 12.4. The largest absolute Gasteiger partial charge is 0.300 e. The number of halogens is 2. The highest BCUT2D eigenvalue weighted by molar-refractivity contribution is 9.10. The van der Waals surface area contributed by atoms with Crippen LogP contribution in [0.1, 0.15) is 44.0 Å². The average molecular weight is 373 g/mol. The van der Waals surface area contributed by atoms with Gasteiger partial charge in [-0.15, -0.1) is 0 Å². The van der Waals surface area contributed by atoms with Crippen molar-refractivity contribution in [1.29, 1.82) is 0 Å². The van der Waals surface area contributed by atoms with Crippen molar-refractivity contribution in [3.8, 4) is 0 Å². The van der Waals surface area contributed by atoms with Gasteiger partial charge in [-0.3, -0.25) is 9.69 Å². The predicted molar refractivity (Wildman–Crippen MR) is 92.1 cm³/mol. The zero-order chi connectivity index (χ0) is 15.6. The minimum Gasteiger partial charge on any atom is -0.300 e. The number of nitrogens with zero attached hydrogens (tertiary/aromatic N) is 1. The second kappa shape index (κ2) is 7.26. The van der Waals surface area contributed by atoms with Gasteiger partial charge in [-0.25, -0.2) is 0 Å². The Hall–Kier alpha value is -0.380. The van der Waals surface area contributed by atoms with Gasteiger partial charge in [-0.2, -0.15) is 0 Å². The molecule has 0 aromatic heterocycles. The number of hydrogen-bond acceptors (Lipinski definition) is 2. The molecule has 1 fully saturated rings. The Labute approximate surface area is 141 Å². The Morgan fingerprint density at radius 1 is 1.38 bits per heavy atom. The van der Waals surface area contributed by atoms with Crippen LogP contribution in [0, 0.1) is 11.8 Å². The third-order valence-electron chi connectivity index (χ3n) is 4.58. The normalized spacial score (nSPS) is 26.8. The molecule has 0 radical (unpaired) electrons. The summed E-state index contributed by atoms with van der Waals surface area (Å²) in [5.41, 5.74) is 0.630. The van der Waals surface area contributed by atoms with E-state index in [1.165, 1.54) is 6.42 Å². The molecule has 1 aliphatic rings. The predicted octanol–water partition coefficient (Wildman–Crippen LogP) is 5.04.